The lowest BCUT2D eigenvalue weighted by atomic mass is 10.4. The zero-order valence-electron chi connectivity index (χ0n) is 5.74. The van der Waals surface area contributed by atoms with E-state index >= 15 is 0 Å². The Morgan fingerprint density at radius 2 is 2.45 bits per heavy atom. The van der Waals surface area contributed by atoms with Crippen LogP contribution in [0.1, 0.15) is 10.4 Å². The molecule has 0 spiro atoms. The molecular formula is C6H5FN2OS. The first-order valence-electron chi connectivity index (χ1n) is 2.79. The highest BCUT2D eigenvalue weighted by atomic mass is 32.2. The van der Waals surface area contributed by atoms with Crippen molar-refractivity contribution >= 4 is 18.0 Å². The second-order valence-corrected chi connectivity index (χ2v) is 2.49. The molecule has 5 heteroatoms. The van der Waals surface area contributed by atoms with Gasteiger partial charge < -0.3 is 0 Å². The second-order valence-electron chi connectivity index (χ2n) is 1.72. The number of halogens is 1. The molecule has 0 radical (unpaired) electrons. The number of carbonyl (C=O) groups excluding carboxylic acids is 1. The van der Waals surface area contributed by atoms with Crippen molar-refractivity contribution in [3.05, 3.63) is 17.7 Å². The van der Waals surface area contributed by atoms with Crippen molar-refractivity contribution in [2.24, 2.45) is 0 Å². The number of aromatic nitrogens is 2. The molecule has 0 fully saturated rings. The van der Waals surface area contributed by atoms with Gasteiger partial charge in [0, 0.05) is 6.20 Å². The number of aldehydes is 1. The Morgan fingerprint density at radius 1 is 1.73 bits per heavy atom. The van der Waals surface area contributed by atoms with Gasteiger partial charge in [0.1, 0.15) is 0 Å². The molecule has 1 rings (SSSR count). The number of thioether (sulfide) groups is 1. The molecule has 0 saturated carbocycles. The summed E-state index contributed by atoms with van der Waals surface area (Å²) >= 11 is 1.22. The van der Waals surface area contributed by atoms with Crippen molar-refractivity contribution in [2.75, 3.05) is 6.26 Å². The number of nitrogens with zero attached hydrogens (tertiary/aromatic N) is 2. The Labute approximate surface area is 67.1 Å². The van der Waals surface area contributed by atoms with Crippen LogP contribution in [0.15, 0.2) is 11.4 Å². The molecule has 0 aromatic carbocycles. The van der Waals surface area contributed by atoms with Gasteiger partial charge in [0.25, 0.3) is 0 Å². The predicted molar refractivity (Wildman–Crippen MR) is 39.2 cm³/mol. The fourth-order valence-electron chi connectivity index (χ4n) is 0.533. The van der Waals surface area contributed by atoms with E-state index in [1.54, 1.807) is 6.26 Å². The largest absolute Gasteiger partial charge is 0.298 e. The first kappa shape index (κ1) is 8.13. The quantitative estimate of drug-likeness (QED) is 0.290. The summed E-state index contributed by atoms with van der Waals surface area (Å²) in [4.78, 5) is 17.2. The highest BCUT2D eigenvalue weighted by Gasteiger charge is 2.03. The van der Waals surface area contributed by atoms with Crippen LogP contribution in [0.5, 0.6) is 0 Å². The van der Waals surface area contributed by atoms with Gasteiger partial charge in [-0.3, -0.25) is 4.79 Å². The Bertz CT molecular complexity index is 279. The van der Waals surface area contributed by atoms with Gasteiger partial charge in [-0.1, -0.05) is 11.8 Å². The molecule has 0 saturated heterocycles. The first-order valence-corrected chi connectivity index (χ1v) is 4.02. The van der Waals surface area contributed by atoms with Gasteiger partial charge in [0.05, 0.1) is 5.56 Å². The Morgan fingerprint density at radius 3 is 2.91 bits per heavy atom. The van der Waals surface area contributed by atoms with Gasteiger partial charge in [-0.05, 0) is 6.26 Å². The summed E-state index contributed by atoms with van der Waals surface area (Å²) in [7, 11) is 0. The minimum atomic E-state index is -0.764. The number of hydrogen-bond acceptors (Lipinski definition) is 4. The monoisotopic (exact) mass is 172 g/mol. The third-order valence-corrected chi connectivity index (χ3v) is 1.62. The molecule has 1 aromatic rings. The third kappa shape index (κ3) is 1.74. The van der Waals surface area contributed by atoms with Crippen LogP contribution in [0.2, 0.25) is 0 Å². The summed E-state index contributed by atoms with van der Waals surface area (Å²) in [6.45, 7) is 0. The van der Waals surface area contributed by atoms with Crippen LogP contribution in [0.4, 0.5) is 4.39 Å². The SMILES string of the molecule is CSc1ncc(C=O)c(F)n1. The maximum atomic E-state index is 12.6. The molecule has 0 amide bonds. The van der Waals surface area contributed by atoms with E-state index in [-0.39, 0.29) is 5.56 Å². The highest BCUT2D eigenvalue weighted by molar-refractivity contribution is 7.98. The Balaban J connectivity index is 3.09. The van der Waals surface area contributed by atoms with E-state index in [1.165, 1.54) is 18.0 Å². The summed E-state index contributed by atoms with van der Waals surface area (Å²) < 4.78 is 12.6. The molecule has 1 heterocycles. The smallest absolute Gasteiger partial charge is 0.227 e. The van der Waals surface area contributed by atoms with Gasteiger partial charge in [-0.2, -0.15) is 9.37 Å². The van der Waals surface area contributed by atoms with E-state index in [0.29, 0.717) is 11.4 Å². The van der Waals surface area contributed by atoms with Crippen LogP contribution in [0.3, 0.4) is 0 Å². The average molecular weight is 172 g/mol. The fourth-order valence-corrected chi connectivity index (χ4v) is 0.862. The van der Waals surface area contributed by atoms with E-state index in [1.807, 2.05) is 0 Å². The predicted octanol–water partition coefficient (Wildman–Crippen LogP) is 1.15. The Kier molecular flexibility index (Phi) is 2.53. The molecule has 0 atom stereocenters. The third-order valence-electron chi connectivity index (χ3n) is 1.06. The van der Waals surface area contributed by atoms with Crippen LogP contribution < -0.4 is 0 Å². The number of hydrogen-bond donors (Lipinski definition) is 0. The molecule has 0 aliphatic rings. The van der Waals surface area contributed by atoms with Crippen molar-refractivity contribution in [1.82, 2.24) is 9.97 Å². The fraction of sp³-hybridized carbons (Fsp3) is 0.167. The van der Waals surface area contributed by atoms with Crippen molar-refractivity contribution < 1.29 is 9.18 Å². The average Bonchev–Trinajstić information content (AvgIpc) is 2.04. The zero-order valence-corrected chi connectivity index (χ0v) is 6.56. The maximum Gasteiger partial charge on any atom is 0.227 e. The molecule has 58 valence electrons. The first-order chi connectivity index (χ1) is 5.27. The lowest BCUT2D eigenvalue weighted by Gasteiger charge is -1.94. The van der Waals surface area contributed by atoms with E-state index in [2.05, 4.69) is 9.97 Å². The normalized spacial score (nSPS) is 9.64. The van der Waals surface area contributed by atoms with Crippen LogP contribution in [-0.4, -0.2) is 22.5 Å². The van der Waals surface area contributed by atoms with Gasteiger partial charge in [0.2, 0.25) is 5.95 Å². The van der Waals surface area contributed by atoms with Gasteiger partial charge in [-0.15, -0.1) is 0 Å². The van der Waals surface area contributed by atoms with Crippen molar-refractivity contribution in [3.8, 4) is 0 Å². The van der Waals surface area contributed by atoms with Gasteiger partial charge in [-0.25, -0.2) is 4.98 Å². The highest BCUT2D eigenvalue weighted by Crippen LogP contribution is 2.08. The van der Waals surface area contributed by atoms with Gasteiger partial charge >= 0.3 is 0 Å². The van der Waals surface area contributed by atoms with E-state index in [9.17, 15) is 9.18 Å². The summed E-state index contributed by atoms with van der Waals surface area (Å²) in [6, 6.07) is 0. The molecule has 0 aliphatic heterocycles. The van der Waals surface area contributed by atoms with Crippen LogP contribution >= 0.6 is 11.8 Å². The number of rotatable bonds is 2. The van der Waals surface area contributed by atoms with E-state index < -0.39 is 5.95 Å². The maximum absolute atomic E-state index is 12.6. The number of carbonyl (C=O) groups is 1. The molecule has 1 aromatic heterocycles. The van der Waals surface area contributed by atoms with Crippen LogP contribution in [-0.2, 0) is 0 Å². The van der Waals surface area contributed by atoms with Gasteiger partial charge in [0.15, 0.2) is 11.4 Å². The van der Waals surface area contributed by atoms with Crippen LogP contribution in [0.25, 0.3) is 0 Å². The van der Waals surface area contributed by atoms with E-state index in [0.717, 1.165) is 0 Å². The topological polar surface area (TPSA) is 42.9 Å². The molecule has 11 heavy (non-hydrogen) atoms. The lowest BCUT2D eigenvalue weighted by Crippen LogP contribution is -1.95. The molecule has 0 bridgehead atoms. The molecular weight excluding hydrogens is 167 g/mol. The lowest BCUT2D eigenvalue weighted by molar-refractivity contribution is 0.111. The summed E-state index contributed by atoms with van der Waals surface area (Å²) in [5.74, 6) is -0.764. The molecule has 0 unspecified atom stereocenters. The minimum absolute atomic E-state index is 0.109. The molecule has 0 aliphatic carbocycles. The van der Waals surface area contributed by atoms with Crippen LogP contribution in [0, 0.1) is 5.95 Å². The van der Waals surface area contributed by atoms with Crippen molar-refractivity contribution in [3.63, 3.8) is 0 Å². The summed E-state index contributed by atoms with van der Waals surface area (Å²) in [5, 5.41) is 0.327. The summed E-state index contributed by atoms with van der Waals surface area (Å²) in [5.41, 5.74) is -0.109. The van der Waals surface area contributed by atoms with Crippen molar-refractivity contribution in [2.45, 2.75) is 5.16 Å². The summed E-state index contributed by atoms with van der Waals surface area (Å²) in [6.07, 6.45) is 3.29. The standard InChI is InChI=1S/C6H5FN2OS/c1-11-6-8-2-4(3-10)5(7)9-6/h2-3H,1H3. The zero-order chi connectivity index (χ0) is 8.27. The Hall–Kier alpha value is -0.970. The molecule has 0 N–H and O–H groups in total. The van der Waals surface area contributed by atoms with E-state index in [4.69, 9.17) is 0 Å². The van der Waals surface area contributed by atoms with Crippen molar-refractivity contribution in [1.29, 1.82) is 0 Å². The molecule has 3 nitrogen and oxygen atoms in total. The second kappa shape index (κ2) is 3.43. The minimum Gasteiger partial charge on any atom is -0.298 e.